The van der Waals surface area contributed by atoms with Gasteiger partial charge in [0.25, 0.3) is 0 Å². The Kier molecular flexibility index (Phi) is 7.45. The standard InChI is InChI=1S/C21H27N3O2S/c1-2-26-20-10-6-5-9-19(20)23-21(27)22-15-17-7-3-4-8-18(17)16-24-11-13-25-14-12-24/h3-10H,2,11-16H2,1H3,(H2,22,23,27). The molecule has 0 bridgehead atoms. The lowest BCUT2D eigenvalue weighted by Crippen LogP contribution is -2.36. The van der Waals surface area contributed by atoms with E-state index in [1.165, 1.54) is 11.1 Å². The molecule has 0 amide bonds. The molecule has 1 heterocycles. The van der Waals surface area contributed by atoms with Crippen LogP contribution in [-0.2, 0) is 17.8 Å². The third-order valence-electron chi connectivity index (χ3n) is 4.49. The van der Waals surface area contributed by atoms with Crippen LogP contribution in [0.3, 0.4) is 0 Å². The van der Waals surface area contributed by atoms with Gasteiger partial charge in [-0.1, -0.05) is 36.4 Å². The lowest BCUT2D eigenvalue weighted by Gasteiger charge is -2.27. The average Bonchev–Trinajstić information content (AvgIpc) is 2.70. The number of benzene rings is 2. The molecular formula is C21H27N3O2S. The summed E-state index contributed by atoms with van der Waals surface area (Å²) in [6.45, 7) is 7.80. The zero-order chi connectivity index (χ0) is 18.9. The molecule has 2 N–H and O–H groups in total. The predicted octanol–water partition coefficient (Wildman–Crippen LogP) is 3.40. The van der Waals surface area contributed by atoms with E-state index in [-0.39, 0.29) is 0 Å². The molecule has 2 aromatic carbocycles. The van der Waals surface area contributed by atoms with Gasteiger partial charge in [-0.05, 0) is 42.4 Å². The summed E-state index contributed by atoms with van der Waals surface area (Å²) in [7, 11) is 0. The van der Waals surface area contributed by atoms with Crippen LogP contribution in [0.15, 0.2) is 48.5 Å². The topological polar surface area (TPSA) is 45.8 Å². The molecule has 0 saturated carbocycles. The average molecular weight is 386 g/mol. The normalized spacial score (nSPS) is 14.6. The van der Waals surface area contributed by atoms with Gasteiger partial charge >= 0.3 is 0 Å². The van der Waals surface area contributed by atoms with Gasteiger partial charge in [0, 0.05) is 26.2 Å². The van der Waals surface area contributed by atoms with Gasteiger partial charge in [0.15, 0.2) is 5.11 Å². The number of morpholine rings is 1. The van der Waals surface area contributed by atoms with Crippen LogP contribution in [0.4, 0.5) is 5.69 Å². The highest BCUT2D eigenvalue weighted by molar-refractivity contribution is 7.80. The van der Waals surface area contributed by atoms with Crippen molar-refractivity contribution in [2.24, 2.45) is 0 Å². The number of ether oxygens (including phenoxy) is 2. The maximum Gasteiger partial charge on any atom is 0.171 e. The van der Waals surface area contributed by atoms with E-state index < -0.39 is 0 Å². The molecule has 2 aromatic rings. The Morgan fingerprint density at radius 2 is 1.78 bits per heavy atom. The van der Waals surface area contributed by atoms with Gasteiger partial charge in [0.05, 0.1) is 25.5 Å². The van der Waals surface area contributed by atoms with Crippen molar-refractivity contribution in [2.75, 3.05) is 38.2 Å². The van der Waals surface area contributed by atoms with Crippen LogP contribution >= 0.6 is 12.2 Å². The zero-order valence-electron chi connectivity index (χ0n) is 15.7. The Hall–Kier alpha value is -2.15. The summed E-state index contributed by atoms with van der Waals surface area (Å²) >= 11 is 5.48. The third kappa shape index (κ3) is 5.92. The molecule has 1 aliphatic heterocycles. The van der Waals surface area contributed by atoms with Crippen LogP contribution in [-0.4, -0.2) is 42.9 Å². The monoisotopic (exact) mass is 385 g/mol. The molecular weight excluding hydrogens is 358 g/mol. The maximum absolute atomic E-state index is 5.64. The molecule has 0 atom stereocenters. The number of anilines is 1. The third-order valence-corrected chi connectivity index (χ3v) is 4.74. The largest absolute Gasteiger partial charge is 0.492 e. The molecule has 0 unspecified atom stereocenters. The molecule has 1 fully saturated rings. The van der Waals surface area contributed by atoms with E-state index in [1.54, 1.807) is 0 Å². The summed E-state index contributed by atoms with van der Waals surface area (Å²) in [5, 5.41) is 7.14. The number of para-hydroxylation sites is 2. The van der Waals surface area contributed by atoms with Gasteiger partial charge < -0.3 is 20.1 Å². The Bertz CT molecular complexity index is 748. The fraction of sp³-hybridized carbons (Fsp3) is 0.381. The van der Waals surface area contributed by atoms with Crippen LogP contribution in [0.1, 0.15) is 18.1 Å². The molecule has 3 rings (SSSR count). The van der Waals surface area contributed by atoms with E-state index in [2.05, 4.69) is 39.8 Å². The molecule has 1 saturated heterocycles. The first-order chi connectivity index (χ1) is 13.3. The molecule has 0 aromatic heterocycles. The summed E-state index contributed by atoms with van der Waals surface area (Å²) in [5.41, 5.74) is 3.45. The lowest BCUT2D eigenvalue weighted by molar-refractivity contribution is 0.0341. The summed E-state index contributed by atoms with van der Waals surface area (Å²) in [6.07, 6.45) is 0. The second kappa shape index (κ2) is 10.3. The summed E-state index contributed by atoms with van der Waals surface area (Å²) < 4.78 is 11.1. The molecule has 0 radical (unpaired) electrons. The molecule has 0 spiro atoms. The molecule has 6 heteroatoms. The highest BCUT2D eigenvalue weighted by Gasteiger charge is 2.13. The van der Waals surface area contributed by atoms with Gasteiger partial charge in [-0.15, -0.1) is 0 Å². The van der Waals surface area contributed by atoms with Crippen molar-refractivity contribution in [2.45, 2.75) is 20.0 Å². The predicted molar refractivity (Wildman–Crippen MR) is 113 cm³/mol. The highest BCUT2D eigenvalue weighted by Crippen LogP contribution is 2.23. The van der Waals surface area contributed by atoms with Crippen molar-refractivity contribution < 1.29 is 9.47 Å². The highest BCUT2D eigenvalue weighted by atomic mass is 32.1. The first kappa shape index (κ1) is 19.6. The molecule has 0 aliphatic carbocycles. The number of nitrogens with one attached hydrogen (secondary N) is 2. The van der Waals surface area contributed by atoms with E-state index in [0.29, 0.717) is 18.3 Å². The van der Waals surface area contributed by atoms with Crippen molar-refractivity contribution in [3.63, 3.8) is 0 Å². The Morgan fingerprint density at radius 3 is 2.56 bits per heavy atom. The van der Waals surface area contributed by atoms with Crippen molar-refractivity contribution in [3.8, 4) is 5.75 Å². The zero-order valence-corrected chi connectivity index (χ0v) is 16.6. The number of rotatable bonds is 7. The molecule has 27 heavy (non-hydrogen) atoms. The van der Waals surface area contributed by atoms with Crippen molar-refractivity contribution in [3.05, 3.63) is 59.7 Å². The van der Waals surface area contributed by atoms with Gasteiger partial charge in [-0.3, -0.25) is 4.90 Å². The molecule has 5 nitrogen and oxygen atoms in total. The summed E-state index contributed by atoms with van der Waals surface area (Å²) in [6, 6.07) is 16.3. The van der Waals surface area contributed by atoms with E-state index >= 15 is 0 Å². The second-order valence-electron chi connectivity index (χ2n) is 6.39. The van der Waals surface area contributed by atoms with Gasteiger partial charge in [-0.2, -0.15) is 0 Å². The lowest BCUT2D eigenvalue weighted by atomic mass is 10.1. The van der Waals surface area contributed by atoms with E-state index in [1.807, 2.05) is 31.2 Å². The first-order valence-corrected chi connectivity index (χ1v) is 9.80. The Balaban J connectivity index is 1.57. The fourth-order valence-electron chi connectivity index (χ4n) is 3.08. The fourth-order valence-corrected chi connectivity index (χ4v) is 3.26. The van der Waals surface area contributed by atoms with Crippen LogP contribution in [0.2, 0.25) is 0 Å². The van der Waals surface area contributed by atoms with Gasteiger partial charge in [0.1, 0.15) is 5.75 Å². The number of hydrogen-bond donors (Lipinski definition) is 2. The van der Waals surface area contributed by atoms with Crippen LogP contribution in [0.5, 0.6) is 5.75 Å². The number of nitrogens with zero attached hydrogens (tertiary/aromatic N) is 1. The van der Waals surface area contributed by atoms with Crippen LogP contribution in [0, 0.1) is 0 Å². The van der Waals surface area contributed by atoms with E-state index in [9.17, 15) is 0 Å². The molecule has 144 valence electrons. The Morgan fingerprint density at radius 1 is 1.07 bits per heavy atom. The van der Waals surface area contributed by atoms with Gasteiger partial charge in [-0.25, -0.2) is 0 Å². The number of thiocarbonyl (C=S) groups is 1. The summed E-state index contributed by atoms with van der Waals surface area (Å²) in [5.74, 6) is 0.803. The van der Waals surface area contributed by atoms with E-state index in [0.717, 1.165) is 44.3 Å². The van der Waals surface area contributed by atoms with Crippen molar-refractivity contribution >= 4 is 23.0 Å². The number of hydrogen-bond acceptors (Lipinski definition) is 4. The van der Waals surface area contributed by atoms with Crippen molar-refractivity contribution in [1.82, 2.24) is 10.2 Å². The Labute approximate surface area is 166 Å². The summed E-state index contributed by atoms with van der Waals surface area (Å²) in [4.78, 5) is 2.43. The minimum atomic E-state index is 0.586. The SMILES string of the molecule is CCOc1ccccc1NC(=S)NCc1ccccc1CN1CCOCC1. The minimum absolute atomic E-state index is 0.586. The van der Waals surface area contributed by atoms with Gasteiger partial charge in [0.2, 0.25) is 0 Å². The van der Waals surface area contributed by atoms with Crippen LogP contribution in [0.25, 0.3) is 0 Å². The van der Waals surface area contributed by atoms with Crippen LogP contribution < -0.4 is 15.4 Å². The first-order valence-electron chi connectivity index (χ1n) is 9.40. The minimum Gasteiger partial charge on any atom is -0.492 e. The molecule has 1 aliphatic rings. The smallest absolute Gasteiger partial charge is 0.171 e. The maximum atomic E-state index is 5.64. The second-order valence-corrected chi connectivity index (χ2v) is 6.80. The van der Waals surface area contributed by atoms with E-state index in [4.69, 9.17) is 21.7 Å². The van der Waals surface area contributed by atoms with Crippen molar-refractivity contribution in [1.29, 1.82) is 0 Å². The quantitative estimate of drug-likeness (QED) is 0.713.